The summed E-state index contributed by atoms with van der Waals surface area (Å²) in [6, 6.07) is 5.11. The van der Waals surface area contributed by atoms with Gasteiger partial charge in [-0.3, -0.25) is 18.7 Å². The van der Waals surface area contributed by atoms with Crippen LogP contribution in [0.15, 0.2) is 39.4 Å². The van der Waals surface area contributed by atoms with Crippen molar-refractivity contribution in [3.05, 3.63) is 55.5 Å². The van der Waals surface area contributed by atoms with Crippen LogP contribution in [0, 0.1) is 5.92 Å². The summed E-state index contributed by atoms with van der Waals surface area (Å²) in [6.45, 7) is 3.95. The highest BCUT2D eigenvalue weighted by molar-refractivity contribution is 7.10. The second-order valence-corrected chi connectivity index (χ2v) is 6.41. The summed E-state index contributed by atoms with van der Waals surface area (Å²) in [5.74, 6) is -0.0210. The Morgan fingerprint density at radius 2 is 2.05 bits per heavy atom. The molecule has 1 amide bonds. The number of thiophene rings is 1. The van der Waals surface area contributed by atoms with Crippen LogP contribution in [0.25, 0.3) is 0 Å². The number of rotatable bonds is 5. The van der Waals surface area contributed by atoms with Gasteiger partial charge >= 0.3 is 5.69 Å². The normalized spacial score (nSPS) is 12.4. The molecule has 2 aromatic rings. The molecule has 0 spiro atoms. The molecule has 118 valence electrons. The first-order chi connectivity index (χ1) is 10.4. The Labute approximate surface area is 132 Å². The first-order valence-electron chi connectivity index (χ1n) is 6.99. The zero-order chi connectivity index (χ0) is 16.3. The number of aromatic nitrogens is 2. The van der Waals surface area contributed by atoms with Crippen molar-refractivity contribution < 1.29 is 4.79 Å². The second-order valence-electron chi connectivity index (χ2n) is 5.43. The average molecular weight is 321 g/mol. The molecule has 0 aliphatic rings. The highest BCUT2D eigenvalue weighted by atomic mass is 32.1. The van der Waals surface area contributed by atoms with Crippen LogP contribution in [-0.4, -0.2) is 15.0 Å². The molecule has 0 aliphatic heterocycles. The number of hydrogen-bond acceptors (Lipinski definition) is 4. The molecule has 1 N–H and O–H groups in total. The summed E-state index contributed by atoms with van der Waals surface area (Å²) < 4.78 is 2.20. The summed E-state index contributed by atoms with van der Waals surface area (Å²) in [5, 5.41) is 4.92. The number of hydrogen-bond donors (Lipinski definition) is 1. The average Bonchev–Trinajstić information content (AvgIpc) is 2.99. The van der Waals surface area contributed by atoms with E-state index in [2.05, 4.69) is 5.32 Å². The number of amides is 1. The van der Waals surface area contributed by atoms with Crippen molar-refractivity contribution in [1.29, 1.82) is 0 Å². The van der Waals surface area contributed by atoms with Crippen LogP contribution in [0.5, 0.6) is 0 Å². The predicted octanol–water partition coefficient (Wildman–Crippen LogP) is 1.12. The van der Waals surface area contributed by atoms with Crippen LogP contribution in [0.2, 0.25) is 0 Å². The summed E-state index contributed by atoms with van der Waals surface area (Å²) in [7, 11) is 1.39. The molecule has 7 heteroatoms. The Bertz CT molecular complexity index is 759. The highest BCUT2D eigenvalue weighted by Gasteiger charge is 2.19. The van der Waals surface area contributed by atoms with Crippen LogP contribution in [0.4, 0.5) is 0 Å². The lowest BCUT2D eigenvalue weighted by Gasteiger charge is -2.21. The van der Waals surface area contributed by atoms with E-state index >= 15 is 0 Å². The van der Waals surface area contributed by atoms with Crippen molar-refractivity contribution in [3.8, 4) is 0 Å². The lowest BCUT2D eigenvalue weighted by atomic mass is 10.0. The van der Waals surface area contributed by atoms with Crippen molar-refractivity contribution in [2.24, 2.45) is 13.0 Å². The maximum Gasteiger partial charge on any atom is 0.331 e. The standard InChI is InChI=1S/C15H19N3O3S/c1-10(2)14(11-5-4-8-22-11)16-12(19)9-18-7-6-13(20)17(3)15(18)21/h4-8,10,14H,9H2,1-3H3,(H,16,19). The van der Waals surface area contributed by atoms with Crippen molar-refractivity contribution in [2.45, 2.75) is 26.4 Å². The van der Waals surface area contributed by atoms with Gasteiger partial charge in [0.1, 0.15) is 6.54 Å². The van der Waals surface area contributed by atoms with Crippen molar-refractivity contribution in [3.63, 3.8) is 0 Å². The van der Waals surface area contributed by atoms with E-state index in [1.54, 1.807) is 11.3 Å². The maximum absolute atomic E-state index is 12.2. The topological polar surface area (TPSA) is 73.1 Å². The van der Waals surface area contributed by atoms with Gasteiger partial charge in [-0.15, -0.1) is 11.3 Å². The van der Waals surface area contributed by atoms with Crippen LogP contribution in [0.3, 0.4) is 0 Å². The van der Waals surface area contributed by atoms with E-state index in [1.165, 1.54) is 23.9 Å². The molecule has 0 fully saturated rings. The van der Waals surface area contributed by atoms with E-state index in [1.807, 2.05) is 31.4 Å². The zero-order valence-electron chi connectivity index (χ0n) is 12.8. The molecule has 6 nitrogen and oxygen atoms in total. The minimum Gasteiger partial charge on any atom is -0.347 e. The van der Waals surface area contributed by atoms with E-state index in [9.17, 15) is 14.4 Å². The van der Waals surface area contributed by atoms with E-state index in [4.69, 9.17) is 0 Å². The van der Waals surface area contributed by atoms with Crippen molar-refractivity contribution >= 4 is 17.2 Å². The van der Waals surface area contributed by atoms with Crippen LogP contribution in [0.1, 0.15) is 24.8 Å². The molecule has 0 aromatic carbocycles. The molecule has 1 unspecified atom stereocenters. The first-order valence-corrected chi connectivity index (χ1v) is 7.87. The van der Waals surface area contributed by atoms with Gasteiger partial charge in [0.15, 0.2) is 0 Å². The molecular weight excluding hydrogens is 302 g/mol. The van der Waals surface area contributed by atoms with Crippen LogP contribution < -0.4 is 16.6 Å². The molecule has 0 radical (unpaired) electrons. The molecule has 2 heterocycles. The fourth-order valence-corrected chi connectivity index (χ4v) is 3.09. The van der Waals surface area contributed by atoms with Crippen LogP contribution >= 0.6 is 11.3 Å². The van der Waals surface area contributed by atoms with Crippen molar-refractivity contribution in [2.75, 3.05) is 0 Å². The molecule has 0 bridgehead atoms. The molecule has 1 atom stereocenters. The quantitative estimate of drug-likeness (QED) is 0.897. The monoisotopic (exact) mass is 321 g/mol. The largest absolute Gasteiger partial charge is 0.347 e. The third-order valence-corrected chi connectivity index (χ3v) is 4.36. The summed E-state index contributed by atoms with van der Waals surface area (Å²) in [4.78, 5) is 36.6. The van der Waals surface area contributed by atoms with Crippen LogP contribution in [-0.2, 0) is 18.4 Å². The Morgan fingerprint density at radius 1 is 1.32 bits per heavy atom. The Morgan fingerprint density at radius 3 is 2.64 bits per heavy atom. The number of carbonyl (C=O) groups is 1. The summed E-state index contributed by atoms with van der Waals surface area (Å²) in [6.07, 6.45) is 1.35. The van der Waals surface area contributed by atoms with Crippen molar-refractivity contribution in [1.82, 2.24) is 14.5 Å². The molecule has 2 aromatic heterocycles. The Kier molecular flexibility index (Phi) is 4.97. The third kappa shape index (κ3) is 3.54. The fraction of sp³-hybridized carbons (Fsp3) is 0.400. The number of carbonyl (C=O) groups excluding carboxylic acids is 1. The minimum atomic E-state index is -0.500. The lowest BCUT2D eigenvalue weighted by Crippen LogP contribution is -2.41. The molecule has 0 saturated heterocycles. The van der Waals surface area contributed by atoms with Gasteiger partial charge in [-0.2, -0.15) is 0 Å². The first kappa shape index (κ1) is 16.2. The maximum atomic E-state index is 12.2. The third-order valence-electron chi connectivity index (χ3n) is 3.41. The molecule has 0 aliphatic carbocycles. The summed E-state index contributed by atoms with van der Waals surface area (Å²) >= 11 is 1.59. The lowest BCUT2D eigenvalue weighted by molar-refractivity contribution is -0.122. The van der Waals surface area contributed by atoms with Gasteiger partial charge < -0.3 is 5.32 Å². The number of nitrogens with one attached hydrogen (secondary N) is 1. The van der Waals surface area contributed by atoms with E-state index < -0.39 is 5.69 Å². The van der Waals surface area contributed by atoms with Gasteiger partial charge in [0.05, 0.1) is 6.04 Å². The smallest absolute Gasteiger partial charge is 0.331 e. The number of nitrogens with zero attached hydrogens (tertiary/aromatic N) is 2. The van der Waals surface area contributed by atoms with Gasteiger partial charge in [-0.05, 0) is 17.4 Å². The van der Waals surface area contributed by atoms with E-state index in [-0.39, 0.29) is 30.0 Å². The van der Waals surface area contributed by atoms with Gasteiger partial charge in [0.2, 0.25) is 5.91 Å². The minimum absolute atomic E-state index is 0.0873. The molecule has 2 rings (SSSR count). The predicted molar refractivity (Wildman–Crippen MR) is 86.0 cm³/mol. The zero-order valence-corrected chi connectivity index (χ0v) is 13.6. The van der Waals surface area contributed by atoms with E-state index in [0.717, 1.165) is 9.44 Å². The second kappa shape index (κ2) is 6.74. The molecule has 0 saturated carbocycles. The van der Waals surface area contributed by atoms with Gasteiger partial charge in [-0.25, -0.2) is 4.79 Å². The highest BCUT2D eigenvalue weighted by Crippen LogP contribution is 2.25. The Balaban J connectivity index is 2.14. The molecular formula is C15H19N3O3S. The van der Waals surface area contributed by atoms with Gasteiger partial charge in [0.25, 0.3) is 5.56 Å². The Hall–Kier alpha value is -2.15. The van der Waals surface area contributed by atoms with E-state index in [0.29, 0.717) is 0 Å². The van der Waals surface area contributed by atoms with Gasteiger partial charge in [0, 0.05) is 24.2 Å². The SMILES string of the molecule is CC(C)C(NC(=O)Cn1ccc(=O)n(C)c1=O)c1cccs1. The summed E-state index contributed by atoms with van der Waals surface area (Å²) in [5.41, 5.74) is -0.889. The fourth-order valence-electron chi connectivity index (χ4n) is 2.14. The van der Waals surface area contributed by atoms with Gasteiger partial charge in [-0.1, -0.05) is 19.9 Å². The molecule has 22 heavy (non-hydrogen) atoms.